The smallest absolute Gasteiger partial charge is 1.00 e. The maximum absolute atomic E-state index is 4.76. The van der Waals surface area contributed by atoms with Gasteiger partial charge in [0.1, 0.15) is 0 Å². The molecular weight excluding hydrogens is 379 g/mol. The molecule has 4 heteroatoms. The number of nitrogens with zero attached hydrogens (tertiary/aromatic N) is 1. The molecule has 0 atom stereocenters. The van der Waals surface area contributed by atoms with Crippen molar-refractivity contribution in [2.24, 2.45) is 0 Å². The molecule has 1 aromatic heterocycles. The van der Waals surface area contributed by atoms with Crippen LogP contribution in [-0.2, 0) is 19.5 Å². The molecule has 0 bridgehead atoms. The van der Waals surface area contributed by atoms with Gasteiger partial charge in [-0.15, -0.1) is 0 Å². The fraction of sp³-hybridized carbons (Fsp3) is 0. The molecule has 0 saturated carbocycles. The summed E-state index contributed by atoms with van der Waals surface area (Å²) in [5.41, 5.74) is 4.56. The van der Waals surface area contributed by atoms with Crippen LogP contribution in [-0.4, -0.2) is 4.98 Å². The fourth-order valence-electron chi connectivity index (χ4n) is 2.67. The molecule has 0 aliphatic heterocycles. The molecule has 23 heavy (non-hydrogen) atoms. The quantitative estimate of drug-likeness (QED) is 0.302. The van der Waals surface area contributed by atoms with Crippen LogP contribution >= 0.6 is 0 Å². The minimum Gasteiger partial charge on any atom is -1.00 e. The molecule has 0 aliphatic rings. The third-order valence-corrected chi connectivity index (χ3v) is 3.65. The number of fused-ring (bicyclic) bond motifs is 2. The van der Waals surface area contributed by atoms with Crippen molar-refractivity contribution < 1.29 is 44.3 Å². The second-order valence-corrected chi connectivity index (χ2v) is 4.92. The molecule has 3 aromatic carbocycles. The van der Waals surface area contributed by atoms with Crippen molar-refractivity contribution in [2.75, 3.05) is 0 Å². The molecule has 1 heterocycles. The summed E-state index contributed by atoms with van der Waals surface area (Å²) in [5, 5.41) is 2.39. The van der Waals surface area contributed by atoms with Gasteiger partial charge in [-0.3, -0.25) is 0 Å². The summed E-state index contributed by atoms with van der Waals surface area (Å²) >= 11 is 0. The zero-order valence-electron chi connectivity index (χ0n) is 12.4. The van der Waals surface area contributed by atoms with E-state index < -0.39 is 0 Å². The average Bonchev–Trinajstić information content (AvgIpc) is 2.53. The van der Waals surface area contributed by atoms with E-state index in [2.05, 4.69) is 66.7 Å². The van der Waals surface area contributed by atoms with Crippen LogP contribution in [0.5, 0.6) is 0 Å². The van der Waals surface area contributed by atoms with E-state index in [9.17, 15) is 0 Å². The van der Waals surface area contributed by atoms with Gasteiger partial charge in [-0.1, -0.05) is 60.7 Å². The van der Waals surface area contributed by atoms with E-state index in [0.717, 1.165) is 11.0 Å². The fourth-order valence-corrected chi connectivity index (χ4v) is 2.67. The summed E-state index contributed by atoms with van der Waals surface area (Å²) in [6.45, 7) is 0. The number of aromatic nitrogens is 1. The van der Waals surface area contributed by atoms with Gasteiger partial charge in [0.2, 0.25) is 0 Å². The van der Waals surface area contributed by atoms with Gasteiger partial charge < -0.3 is 24.8 Å². The summed E-state index contributed by atoms with van der Waals surface area (Å²) in [7, 11) is 0. The number of halogens is 2. The molecular formula is C19H13Cl2NZn. The van der Waals surface area contributed by atoms with Crippen molar-refractivity contribution in [3.05, 3.63) is 78.9 Å². The molecule has 0 radical (unpaired) electrons. The molecule has 1 nitrogen and oxygen atoms in total. The molecule has 0 unspecified atom stereocenters. The van der Waals surface area contributed by atoms with E-state index in [1.807, 2.05) is 12.1 Å². The summed E-state index contributed by atoms with van der Waals surface area (Å²) in [4.78, 5) is 4.76. The Bertz CT molecular complexity index is 910. The maximum atomic E-state index is 4.76. The zero-order chi connectivity index (χ0) is 13.4. The number of hydrogen-bond acceptors (Lipinski definition) is 1. The minimum atomic E-state index is 0. The van der Waals surface area contributed by atoms with Crippen LogP contribution in [0, 0.1) is 0 Å². The number of rotatable bonds is 1. The first-order valence-corrected chi connectivity index (χ1v) is 6.76. The van der Waals surface area contributed by atoms with Crippen molar-refractivity contribution in [2.45, 2.75) is 0 Å². The number of para-hydroxylation sites is 1. The van der Waals surface area contributed by atoms with Gasteiger partial charge in [0.15, 0.2) is 0 Å². The summed E-state index contributed by atoms with van der Waals surface area (Å²) in [6, 6.07) is 27.3. The second kappa shape index (κ2) is 8.40. The van der Waals surface area contributed by atoms with E-state index in [1.165, 1.54) is 21.9 Å². The zero-order valence-corrected chi connectivity index (χ0v) is 16.9. The molecule has 0 saturated heterocycles. The molecule has 4 rings (SSSR count). The molecule has 0 spiro atoms. The van der Waals surface area contributed by atoms with Gasteiger partial charge in [-0.05, 0) is 29.3 Å². The predicted octanol–water partition coefficient (Wildman–Crippen LogP) is -0.939. The Morgan fingerprint density at radius 2 is 1.26 bits per heavy atom. The second-order valence-electron chi connectivity index (χ2n) is 4.92. The number of benzene rings is 3. The molecule has 4 aromatic rings. The van der Waals surface area contributed by atoms with Crippen LogP contribution in [0.25, 0.3) is 32.9 Å². The van der Waals surface area contributed by atoms with Gasteiger partial charge in [0.05, 0.1) is 11.0 Å². The van der Waals surface area contributed by atoms with Crippen molar-refractivity contribution >= 4 is 21.8 Å². The first-order chi connectivity index (χ1) is 9.92. The Kier molecular flexibility index (Phi) is 7.15. The van der Waals surface area contributed by atoms with Crippen LogP contribution in [0.3, 0.4) is 0 Å². The Morgan fingerprint density at radius 3 is 2.04 bits per heavy atom. The SMILES string of the molecule is [Cl-].[Cl-].[Zn+2].c1ccc(-c2cccc3nc4ccccc4cc23)cc1. The van der Waals surface area contributed by atoms with Gasteiger partial charge in [-0.25, -0.2) is 4.98 Å². The molecule has 0 aliphatic carbocycles. The van der Waals surface area contributed by atoms with Crippen LogP contribution in [0.4, 0.5) is 0 Å². The van der Waals surface area contributed by atoms with Gasteiger partial charge >= 0.3 is 19.5 Å². The summed E-state index contributed by atoms with van der Waals surface area (Å²) < 4.78 is 0. The topological polar surface area (TPSA) is 12.9 Å². The molecule has 0 N–H and O–H groups in total. The normalized spacial score (nSPS) is 9.57. The first kappa shape index (κ1) is 19.6. The van der Waals surface area contributed by atoms with E-state index in [-0.39, 0.29) is 44.3 Å². The minimum absolute atomic E-state index is 0. The van der Waals surface area contributed by atoms with Crippen LogP contribution in [0.2, 0.25) is 0 Å². The van der Waals surface area contributed by atoms with Gasteiger partial charge in [-0.2, -0.15) is 0 Å². The Morgan fingerprint density at radius 1 is 0.609 bits per heavy atom. The third-order valence-electron chi connectivity index (χ3n) is 3.65. The van der Waals surface area contributed by atoms with E-state index in [0.29, 0.717) is 0 Å². The third kappa shape index (κ3) is 3.72. The van der Waals surface area contributed by atoms with Crippen molar-refractivity contribution in [1.29, 1.82) is 0 Å². The van der Waals surface area contributed by atoms with Gasteiger partial charge in [0.25, 0.3) is 0 Å². The van der Waals surface area contributed by atoms with Crippen LogP contribution in [0.15, 0.2) is 78.9 Å². The largest absolute Gasteiger partial charge is 2.00 e. The first-order valence-electron chi connectivity index (χ1n) is 6.76. The van der Waals surface area contributed by atoms with Crippen LogP contribution in [0.1, 0.15) is 0 Å². The molecule has 110 valence electrons. The summed E-state index contributed by atoms with van der Waals surface area (Å²) in [5.74, 6) is 0. The van der Waals surface area contributed by atoms with E-state index in [4.69, 9.17) is 4.98 Å². The Labute approximate surface area is 160 Å². The monoisotopic (exact) mass is 389 g/mol. The molecule has 0 amide bonds. The Hall–Kier alpha value is -1.47. The van der Waals surface area contributed by atoms with E-state index in [1.54, 1.807) is 0 Å². The summed E-state index contributed by atoms with van der Waals surface area (Å²) in [6.07, 6.45) is 0. The van der Waals surface area contributed by atoms with Crippen molar-refractivity contribution in [3.8, 4) is 11.1 Å². The standard InChI is InChI=1S/C19H13N.2ClH.Zn/c1-2-7-14(8-3-1)16-10-6-12-19-17(16)13-15-9-4-5-11-18(15)20-19;;;/h1-13H;2*1H;/q;;;+2/p-2. The maximum Gasteiger partial charge on any atom is 2.00 e. The van der Waals surface area contributed by atoms with Crippen molar-refractivity contribution in [3.63, 3.8) is 0 Å². The average molecular weight is 392 g/mol. The van der Waals surface area contributed by atoms with Crippen LogP contribution < -0.4 is 24.8 Å². The van der Waals surface area contributed by atoms with Gasteiger partial charge in [0, 0.05) is 10.8 Å². The van der Waals surface area contributed by atoms with E-state index >= 15 is 0 Å². The number of pyridine rings is 1. The van der Waals surface area contributed by atoms with Crippen molar-refractivity contribution in [1.82, 2.24) is 4.98 Å². The predicted molar refractivity (Wildman–Crippen MR) is 84.7 cm³/mol. The number of hydrogen-bond donors (Lipinski definition) is 0. The Balaban J connectivity index is 0.000000882. The molecule has 0 fully saturated rings.